The maximum atomic E-state index is 5.54. The van der Waals surface area contributed by atoms with E-state index in [0.29, 0.717) is 6.54 Å². The molecule has 0 radical (unpaired) electrons. The predicted octanol–water partition coefficient (Wildman–Crippen LogP) is 2.81. The second-order valence-electron chi connectivity index (χ2n) is 4.20. The van der Waals surface area contributed by atoms with Gasteiger partial charge in [0.2, 0.25) is 0 Å². The Morgan fingerprint density at radius 1 is 1.28 bits per heavy atom. The van der Waals surface area contributed by atoms with Crippen molar-refractivity contribution < 1.29 is 4.74 Å². The van der Waals surface area contributed by atoms with Gasteiger partial charge in [0.15, 0.2) is 0 Å². The molecule has 0 aliphatic carbocycles. The van der Waals surface area contributed by atoms with Gasteiger partial charge in [-0.3, -0.25) is 0 Å². The highest BCUT2D eigenvalue weighted by atomic mass is 79.9. The molecule has 0 bridgehead atoms. The van der Waals surface area contributed by atoms with Crippen molar-refractivity contribution in [2.24, 2.45) is 5.73 Å². The molecule has 0 saturated carbocycles. The third-order valence-electron chi connectivity index (χ3n) is 2.83. The number of halogens is 1. The van der Waals surface area contributed by atoms with Gasteiger partial charge < -0.3 is 15.0 Å². The van der Waals surface area contributed by atoms with Crippen LogP contribution in [0.15, 0.2) is 41.1 Å². The van der Waals surface area contributed by atoms with E-state index in [1.54, 1.807) is 7.11 Å². The Balaban J connectivity index is 2.10. The van der Waals surface area contributed by atoms with Crippen LogP contribution in [0.3, 0.4) is 0 Å². The van der Waals surface area contributed by atoms with Crippen LogP contribution in [0.1, 0.15) is 11.1 Å². The van der Waals surface area contributed by atoms with Crippen LogP contribution >= 0.6 is 15.9 Å². The summed E-state index contributed by atoms with van der Waals surface area (Å²) >= 11 is 3.50. The first-order valence-electron chi connectivity index (χ1n) is 5.90. The van der Waals surface area contributed by atoms with Crippen molar-refractivity contribution in [3.05, 3.63) is 52.3 Å². The van der Waals surface area contributed by atoms with Gasteiger partial charge in [0.1, 0.15) is 5.75 Å². The molecule has 0 unspecified atom stereocenters. The zero-order chi connectivity index (χ0) is 13.0. The molecule has 0 aliphatic rings. The number of nitrogens with zero attached hydrogens (tertiary/aromatic N) is 1. The summed E-state index contributed by atoms with van der Waals surface area (Å²) in [7, 11) is 1.67. The molecule has 96 valence electrons. The molecule has 0 atom stereocenters. The van der Waals surface area contributed by atoms with E-state index in [9.17, 15) is 0 Å². The summed E-state index contributed by atoms with van der Waals surface area (Å²) in [6.45, 7) is 1.55. The number of aromatic nitrogens is 1. The molecule has 18 heavy (non-hydrogen) atoms. The smallest absolute Gasteiger partial charge is 0.133 e. The van der Waals surface area contributed by atoms with Gasteiger partial charge in [-0.15, -0.1) is 0 Å². The van der Waals surface area contributed by atoms with Crippen LogP contribution in [0.2, 0.25) is 0 Å². The van der Waals surface area contributed by atoms with Crippen molar-refractivity contribution in [2.45, 2.75) is 13.0 Å². The summed E-state index contributed by atoms with van der Waals surface area (Å²) in [5.41, 5.74) is 8.06. The Hall–Kier alpha value is -1.26. The Bertz CT molecular complexity index is 522. The topological polar surface area (TPSA) is 40.2 Å². The quantitative estimate of drug-likeness (QED) is 0.922. The molecular weight excluding hydrogens is 292 g/mol. The fourth-order valence-electron chi connectivity index (χ4n) is 1.92. The van der Waals surface area contributed by atoms with E-state index in [1.807, 2.05) is 6.07 Å². The fraction of sp³-hybridized carbons (Fsp3) is 0.286. The van der Waals surface area contributed by atoms with Gasteiger partial charge >= 0.3 is 0 Å². The van der Waals surface area contributed by atoms with Gasteiger partial charge in [0.05, 0.1) is 11.6 Å². The van der Waals surface area contributed by atoms with E-state index >= 15 is 0 Å². The molecule has 1 aromatic carbocycles. The highest BCUT2D eigenvalue weighted by molar-refractivity contribution is 9.10. The minimum Gasteiger partial charge on any atom is -0.496 e. The van der Waals surface area contributed by atoms with Crippen molar-refractivity contribution in [3.8, 4) is 5.75 Å². The molecule has 2 N–H and O–H groups in total. The van der Waals surface area contributed by atoms with E-state index in [0.717, 1.165) is 23.2 Å². The summed E-state index contributed by atoms with van der Waals surface area (Å²) < 4.78 is 8.37. The lowest BCUT2D eigenvalue weighted by Crippen LogP contribution is -2.02. The largest absolute Gasteiger partial charge is 0.496 e. The van der Waals surface area contributed by atoms with Gasteiger partial charge in [0.25, 0.3) is 0 Å². The van der Waals surface area contributed by atoms with Crippen molar-refractivity contribution in [3.63, 3.8) is 0 Å². The lowest BCUT2D eigenvalue weighted by Gasteiger charge is -2.07. The number of hydrogen-bond donors (Lipinski definition) is 1. The third-order valence-corrected chi connectivity index (χ3v) is 3.45. The number of benzene rings is 1. The van der Waals surface area contributed by atoms with E-state index < -0.39 is 0 Å². The monoisotopic (exact) mass is 308 g/mol. The lowest BCUT2D eigenvalue weighted by atomic mass is 10.2. The normalized spacial score (nSPS) is 10.6. The van der Waals surface area contributed by atoms with Crippen LogP contribution in [0.4, 0.5) is 0 Å². The van der Waals surface area contributed by atoms with Crippen LogP contribution in [0.25, 0.3) is 0 Å². The predicted molar refractivity (Wildman–Crippen MR) is 77.0 cm³/mol. The number of hydrogen-bond acceptors (Lipinski definition) is 2. The Kier molecular flexibility index (Phi) is 4.44. The van der Waals surface area contributed by atoms with Gasteiger partial charge in [-0.2, -0.15) is 0 Å². The number of rotatable bonds is 5. The summed E-state index contributed by atoms with van der Waals surface area (Å²) in [5.74, 6) is 0.857. The van der Waals surface area contributed by atoms with E-state index in [1.165, 1.54) is 11.1 Å². The summed E-state index contributed by atoms with van der Waals surface area (Å²) in [6, 6.07) is 8.25. The summed E-state index contributed by atoms with van der Waals surface area (Å²) in [6.07, 6.45) is 5.16. The Labute approximate surface area is 116 Å². The SMILES string of the molecule is COc1ccc(Cn2ccc(CCN)c2)cc1Br. The third kappa shape index (κ3) is 3.15. The molecule has 0 spiro atoms. The molecule has 4 heteroatoms. The van der Waals surface area contributed by atoms with E-state index in [2.05, 4.69) is 51.1 Å². The number of nitrogens with two attached hydrogens (primary N) is 1. The first-order chi connectivity index (χ1) is 8.72. The zero-order valence-corrected chi connectivity index (χ0v) is 12.0. The van der Waals surface area contributed by atoms with Crippen LogP contribution in [-0.4, -0.2) is 18.2 Å². The van der Waals surface area contributed by atoms with Crippen LogP contribution < -0.4 is 10.5 Å². The van der Waals surface area contributed by atoms with Crippen LogP contribution in [-0.2, 0) is 13.0 Å². The average molecular weight is 309 g/mol. The van der Waals surface area contributed by atoms with Crippen LogP contribution in [0, 0.1) is 0 Å². The van der Waals surface area contributed by atoms with Gasteiger partial charge in [-0.25, -0.2) is 0 Å². The molecule has 1 aromatic heterocycles. The molecule has 0 saturated heterocycles. The van der Waals surface area contributed by atoms with Gasteiger partial charge in [-0.1, -0.05) is 6.07 Å². The molecular formula is C14H17BrN2O. The lowest BCUT2D eigenvalue weighted by molar-refractivity contribution is 0.412. The molecule has 0 amide bonds. The summed E-state index contributed by atoms with van der Waals surface area (Å²) in [4.78, 5) is 0. The molecule has 2 aromatic rings. The second-order valence-corrected chi connectivity index (χ2v) is 5.05. The van der Waals surface area contributed by atoms with Gasteiger partial charge in [0, 0.05) is 18.9 Å². The average Bonchev–Trinajstić information content (AvgIpc) is 2.77. The molecule has 0 aliphatic heterocycles. The molecule has 2 rings (SSSR count). The maximum absolute atomic E-state index is 5.54. The zero-order valence-electron chi connectivity index (χ0n) is 10.4. The summed E-state index contributed by atoms with van der Waals surface area (Å²) in [5, 5.41) is 0. The first-order valence-corrected chi connectivity index (χ1v) is 6.69. The van der Waals surface area contributed by atoms with Crippen LogP contribution in [0.5, 0.6) is 5.75 Å². The maximum Gasteiger partial charge on any atom is 0.133 e. The number of ether oxygens (including phenoxy) is 1. The minimum atomic E-state index is 0.693. The Morgan fingerprint density at radius 3 is 2.78 bits per heavy atom. The first kappa shape index (κ1) is 13.2. The standard InChI is InChI=1S/C14H17BrN2O/c1-18-14-3-2-12(8-13(14)15)10-17-7-5-11(9-17)4-6-16/h2-3,5,7-9H,4,6,10,16H2,1H3. The minimum absolute atomic E-state index is 0.693. The van der Waals surface area contributed by atoms with E-state index in [4.69, 9.17) is 10.5 Å². The fourth-order valence-corrected chi connectivity index (χ4v) is 2.51. The van der Waals surface area contributed by atoms with Crippen molar-refractivity contribution >= 4 is 15.9 Å². The Morgan fingerprint density at radius 2 is 2.11 bits per heavy atom. The van der Waals surface area contributed by atoms with Gasteiger partial charge in [-0.05, 0) is 58.2 Å². The molecule has 3 nitrogen and oxygen atoms in total. The van der Waals surface area contributed by atoms with Crippen molar-refractivity contribution in [1.82, 2.24) is 4.57 Å². The van der Waals surface area contributed by atoms with Crippen molar-refractivity contribution in [1.29, 1.82) is 0 Å². The molecule has 1 heterocycles. The number of methoxy groups -OCH3 is 1. The highest BCUT2D eigenvalue weighted by Crippen LogP contribution is 2.25. The van der Waals surface area contributed by atoms with Crippen molar-refractivity contribution in [2.75, 3.05) is 13.7 Å². The second kappa shape index (κ2) is 6.07. The highest BCUT2D eigenvalue weighted by Gasteiger charge is 2.02. The molecule has 0 fully saturated rings. The van der Waals surface area contributed by atoms with E-state index in [-0.39, 0.29) is 0 Å².